The Hall–Kier alpha value is -1.53. The molecule has 0 aromatic rings. The van der Waals surface area contributed by atoms with Crippen molar-refractivity contribution in [1.29, 1.82) is 15.8 Å². The van der Waals surface area contributed by atoms with Gasteiger partial charge in [0.2, 0.25) is 0 Å². The predicted octanol–water partition coefficient (Wildman–Crippen LogP) is 3.29. The van der Waals surface area contributed by atoms with Crippen LogP contribution in [0.2, 0.25) is 0 Å². The van der Waals surface area contributed by atoms with Crippen molar-refractivity contribution in [3.05, 3.63) is 0 Å². The summed E-state index contributed by atoms with van der Waals surface area (Å²) in [5.41, 5.74) is -0.443. The molecule has 0 saturated heterocycles. The first kappa shape index (κ1) is 13.5. The first-order valence-corrected chi connectivity index (χ1v) is 5.40. The molecule has 0 aliphatic rings. The van der Waals surface area contributed by atoms with E-state index in [1.807, 2.05) is 0 Å². The molecule has 0 rings (SSSR count). The zero-order valence-electron chi connectivity index (χ0n) is 9.29. The number of nitrogens with zero attached hydrogens (tertiary/aromatic N) is 3. The van der Waals surface area contributed by atoms with Gasteiger partial charge >= 0.3 is 0 Å². The molecule has 0 fully saturated rings. The summed E-state index contributed by atoms with van der Waals surface area (Å²) in [5.74, 6) is 0. The molecule has 0 bridgehead atoms. The molecular weight excluding hydrogens is 186 g/mol. The average molecular weight is 203 g/mol. The van der Waals surface area contributed by atoms with Crippen LogP contribution >= 0.6 is 0 Å². The fourth-order valence-corrected chi connectivity index (χ4v) is 1.65. The zero-order valence-corrected chi connectivity index (χ0v) is 9.29. The Morgan fingerprint density at radius 3 is 1.80 bits per heavy atom. The molecule has 0 heterocycles. The zero-order chi connectivity index (χ0) is 11.6. The van der Waals surface area contributed by atoms with E-state index in [1.54, 1.807) is 0 Å². The van der Waals surface area contributed by atoms with Crippen LogP contribution in [0.3, 0.4) is 0 Å². The molecule has 3 heteroatoms. The van der Waals surface area contributed by atoms with Crippen molar-refractivity contribution in [2.24, 2.45) is 5.41 Å². The summed E-state index contributed by atoms with van der Waals surface area (Å²) in [6.07, 6.45) is 4.85. The lowest BCUT2D eigenvalue weighted by Gasteiger charge is -2.24. The van der Waals surface area contributed by atoms with Gasteiger partial charge in [-0.05, 0) is 19.3 Å². The standard InChI is InChI=1S/C12H17N3/c1-2-3-6-12(11-15,7-4-9-13)8-5-10-14/h2-8H2,1H3. The Morgan fingerprint density at radius 2 is 1.47 bits per heavy atom. The van der Waals surface area contributed by atoms with E-state index in [4.69, 9.17) is 10.5 Å². The first-order chi connectivity index (χ1) is 7.24. The van der Waals surface area contributed by atoms with Gasteiger partial charge in [0.15, 0.2) is 0 Å². The topological polar surface area (TPSA) is 71.4 Å². The Kier molecular flexibility index (Phi) is 7.04. The second-order valence-corrected chi connectivity index (χ2v) is 3.81. The van der Waals surface area contributed by atoms with Gasteiger partial charge in [-0.15, -0.1) is 0 Å². The van der Waals surface area contributed by atoms with E-state index >= 15 is 0 Å². The summed E-state index contributed by atoms with van der Waals surface area (Å²) in [4.78, 5) is 0. The fraction of sp³-hybridized carbons (Fsp3) is 0.750. The van der Waals surface area contributed by atoms with Crippen molar-refractivity contribution < 1.29 is 0 Å². The van der Waals surface area contributed by atoms with Gasteiger partial charge in [-0.3, -0.25) is 0 Å². The molecule has 0 unspecified atom stereocenters. The summed E-state index contributed by atoms with van der Waals surface area (Å²) in [6, 6.07) is 6.47. The van der Waals surface area contributed by atoms with Crippen LogP contribution in [-0.2, 0) is 0 Å². The third-order valence-corrected chi connectivity index (χ3v) is 2.68. The molecule has 0 N–H and O–H groups in total. The smallest absolute Gasteiger partial charge is 0.0690 e. The summed E-state index contributed by atoms with van der Waals surface area (Å²) in [7, 11) is 0. The quantitative estimate of drug-likeness (QED) is 0.637. The number of hydrogen-bond donors (Lipinski definition) is 0. The van der Waals surface area contributed by atoms with E-state index < -0.39 is 5.41 Å². The van der Waals surface area contributed by atoms with Gasteiger partial charge in [0, 0.05) is 12.8 Å². The predicted molar refractivity (Wildman–Crippen MR) is 57.3 cm³/mol. The van der Waals surface area contributed by atoms with E-state index in [0.29, 0.717) is 25.7 Å². The Morgan fingerprint density at radius 1 is 0.933 bits per heavy atom. The first-order valence-electron chi connectivity index (χ1n) is 5.40. The number of unbranched alkanes of at least 4 members (excludes halogenated alkanes) is 1. The van der Waals surface area contributed by atoms with Gasteiger partial charge in [0.25, 0.3) is 0 Å². The third kappa shape index (κ3) is 5.04. The van der Waals surface area contributed by atoms with Gasteiger partial charge in [-0.2, -0.15) is 15.8 Å². The molecule has 3 nitrogen and oxygen atoms in total. The maximum absolute atomic E-state index is 9.19. The van der Waals surface area contributed by atoms with E-state index in [1.165, 1.54) is 0 Å². The lowest BCUT2D eigenvalue weighted by atomic mass is 9.76. The monoisotopic (exact) mass is 203 g/mol. The molecule has 0 aromatic heterocycles. The van der Waals surface area contributed by atoms with Crippen LogP contribution in [-0.4, -0.2) is 0 Å². The maximum atomic E-state index is 9.19. The van der Waals surface area contributed by atoms with Crippen LogP contribution in [0.25, 0.3) is 0 Å². The van der Waals surface area contributed by atoms with Crippen molar-refractivity contribution in [2.45, 2.75) is 51.9 Å². The summed E-state index contributed by atoms with van der Waals surface area (Å²) < 4.78 is 0. The van der Waals surface area contributed by atoms with Crippen molar-refractivity contribution in [3.63, 3.8) is 0 Å². The highest BCUT2D eigenvalue weighted by Crippen LogP contribution is 2.34. The molecule has 0 spiro atoms. The van der Waals surface area contributed by atoms with Gasteiger partial charge in [-0.25, -0.2) is 0 Å². The van der Waals surface area contributed by atoms with E-state index in [2.05, 4.69) is 25.1 Å². The van der Waals surface area contributed by atoms with Gasteiger partial charge in [0.05, 0.1) is 23.6 Å². The lowest BCUT2D eigenvalue weighted by molar-refractivity contribution is 0.307. The largest absolute Gasteiger partial charge is 0.198 e. The third-order valence-electron chi connectivity index (χ3n) is 2.68. The highest BCUT2D eigenvalue weighted by atomic mass is 14.4. The van der Waals surface area contributed by atoms with Crippen molar-refractivity contribution in [3.8, 4) is 18.2 Å². The second kappa shape index (κ2) is 7.84. The van der Waals surface area contributed by atoms with Crippen molar-refractivity contribution in [2.75, 3.05) is 0 Å². The second-order valence-electron chi connectivity index (χ2n) is 3.81. The van der Waals surface area contributed by atoms with Gasteiger partial charge in [0.1, 0.15) is 0 Å². The van der Waals surface area contributed by atoms with Crippen LogP contribution in [0.5, 0.6) is 0 Å². The average Bonchev–Trinajstić information content (AvgIpc) is 2.29. The molecule has 0 amide bonds. The molecule has 0 aliphatic heterocycles. The van der Waals surface area contributed by atoms with E-state index in [-0.39, 0.29) is 0 Å². The van der Waals surface area contributed by atoms with Crippen molar-refractivity contribution in [1.82, 2.24) is 0 Å². The lowest BCUT2D eigenvalue weighted by Crippen LogP contribution is -2.18. The van der Waals surface area contributed by atoms with Gasteiger partial charge in [-0.1, -0.05) is 19.8 Å². The van der Waals surface area contributed by atoms with Crippen LogP contribution in [0.1, 0.15) is 51.9 Å². The Labute approximate surface area is 91.9 Å². The highest BCUT2D eigenvalue weighted by molar-refractivity contribution is 5.01. The molecular formula is C12H17N3. The van der Waals surface area contributed by atoms with E-state index in [0.717, 1.165) is 19.3 Å². The SMILES string of the molecule is CCCCC(C#N)(CCC#N)CCC#N. The number of rotatable bonds is 7. The minimum Gasteiger partial charge on any atom is -0.198 e. The normalized spacial score (nSPS) is 10.0. The van der Waals surface area contributed by atoms with Crippen LogP contribution in [0.15, 0.2) is 0 Å². The van der Waals surface area contributed by atoms with Gasteiger partial charge < -0.3 is 0 Å². The fourth-order valence-electron chi connectivity index (χ4n) is 1.65. The molecule has 0 atom stereocenters. The van der Waals surface area contributed by atoms with Crippen LogP contribution in [0, 0.1) is 39.4 Å². The molecule has 80 valence electrons. The highest BCUT2D eigenvalue weighted by Gasteiger charge is 2.28. The molecule has 15 heavy (non-hydrogen) atoms. The maximum Gasteiger partial charge on any atom is 0.0690 e. The molecule has 0 aliphatic carbocycles. The van der Waals surface area contributed by atoms with Crippen molar-refractivity contribution >= 4 is 0 Å². The van der Waals surface area contributed by atoms with Crippen LogP contribution < -0.4 is 0 Å². The summed E-state index contributed by atoms with van der Waals surface area (Å²) >= 11 is 0. The van der Waals surface area contributed by atoms with E-state index in [9.17, 15) is 5.26 Å². The molecule has 0 saturated carbocycles. The molecule has 0 radical (unpaired) electrons. The summed E-state index contributed by atoms with van der Waals surface area (Å²) in [6.45, 7) is 2.08. The Balaban J connectivity index is 4.41. The minimum atomic E-state index is -0.443. The minimum absolute atomic E-state index is 0.405. The summed E-state index contributed by atoms with van der Waals surface area (Å²) in [5, 5.41) is 26.3. The Bertz CT molecular complexity index is 269. The molecule has 0 aromatic carbocycles. The number of nitriles is 3. The number of hydrogen-bond acceptors (Lipinski definition) is 3. The van der Waals surface area contributed by atoms with Crippen LogP contribution in [0.4, 0.5) is 0 Å².